The van der Waals surface area contributed by atoms with Crippen molar-refractivity contribution in [2.75, 3.05) is 5.32 Å². The summed E-state index contributed by atoms with van der Waals surface area (Å²) in [6.45, 7) is 1.69. The summed E-state index contributed by atoms with van der Waals surface area (Å²) < 4.78 is 28.0. The molecule has 0 aliphatic carbocycles. The molecule has 2 aromatic heterocycles. The summed E-state index contributed by atoms with van der Waals surface area (Å²) in [4.78, 5) is 29.2. The number of nitrogens with one attached hydrogen (secondary N) is 1. The standard InChI is InChI=1S/C21H13ClF2N4O2S/c1-11-8-18(29)19(27-28(11)14-5-3-13(22)4-6-14)20(30)26-21-25-17(10-31-21)12-2-7-15(23)16(24)9-12/h2-10H,1H3,(H,25,26,30). The van der Waals surface area contributed by atoms with Gasteiger partial charge in [0.1, 0.15) is 0 Å². The molecule has 0 atom stereocenters. The Balaban J connectivity index is 1.61. The fraction of sp³-hybridized carbons (Fsp3) is 0.0476. The van der Waals surface area contributed by atoms with Crippen molar-refractivity contribution in [2.24, 2.45) is 0 Å². The van der Waals surface area contributed by atoms with Gasteiger partial charge in [-0.25, -0.2) is 18.4 Å². The molecule has 0 bridgehead atoms. The van der Waals surface area contributed by atoms with Crippen molar-refractivity contribution in [3.05, 3.63) is 92.2 Å². The maximum Gasteiger partial charge on any atom is 0.281 e. The number of rotatable bonds is 4. The van der Waals surface area contributed by atoms with E-state index in [2.05, 4.69) is 15.4 Å². The van der Waals surface area contributed by atoms with Crippen molar-refractivity contribution < 1.29 is 13.6 Å². The van der Waals surface area contributed by atoms with Crippen LogP contribution in [-0.4, -0.2) is 20.7 Å². The van der Waals surface area contributed by atoms with Crippen LogP contribution in [-0.2, 0) is 0 Å². The van der Waals surface area contributed by atoms with E-state index in [1.165, 1.54) is 16.8 Å². The van der Waals surface area contributed by atoms with Crippen LogP contribution in [0.2, 0.25) is 5.02 Å². The van der Waals surface area contributed by atoms with Crippen LogP contribution >= 0.6 is 22.9 Å². The van der Waals surface area contributed by atoms with Gasteiger partial charge in [-0.3, -0.25) is 14.9 Å². The number of halogens is 3. The number of amides is 1. The number of hydrogen-bond acceptors (Lipinski definition) is 5. The van der Waals surface area contributed by atoms with Crippen LogP contribution in [0.25, 0.3) is 16.9 Å². The molecule has 1 amide bonds. The topological polar surface area (TPSA) is 76.9 Å². The van der Waals surface area contributed by atoms with Crippen LogP contribution in [0.1, 0.15) is 16.2 Å². The lowest BCUT2D eigenvalue weighted by Crippen LogP contribution is -2.26. The van der Waals surface area contributed by atoms with E-state index in [0.717, 1.165) is 23.5 Å². The Labute approximate surface area is 183 Å². The third-order valence-electron chi connectivity index (χ3n) is 4.33. The molecule has 0 fully saturated rings. The zero-order valence-corrected chi connectivity index (χ0v) is 17.5. The molecule has 31 heavy (non-hydrogen) atoms. The second kappa shape index (κ2) is 8.37. The van der Waals surface area contributed by atoms with Gasteiger partial charge >= 0.3 is 0 Å². The molecule has 0 spiro atoms. The summed E-state index contributed by atoms with van der Waals surface area (Å²) in [7, 11) is 0. The Hall–Kier alpha value is -3.43. The van der Waals surface area contributed by atoms with E-state index in [-0.39, 0.29) is 10.8 Å². The maximum absolute atomic E-state index is 13.5. The van der Waals surface area contributed by atoms with Crippen molar-refractivity contribution in [3.8, 4) is 16.9 Å². The summed E-state index contributed by atoms with van der Waals surface area (Å²) >= 11 is 6.99. The quantitative estimate of drug-likeness (QED) is 0.474. The third-order valence-corrected chi connectivity index (χ3v) is 5.34. The average Bonchev–Trinajstić information content (AvgIpc) is 3.19. The monoisotopic (exact) mass is 458 g/mol. The first-order valence-corrected chi connectivity index (χ1v) is 10.2. The minimum Gasteiger partial charge on any atom is -0.296 e. The molecule has 2 heterocycles. The predicted molar refractivity (Wildman–Crippen MR) is 115 cm³/mol. The molecular weight excluding hydrogens is 446 g/mol. The highest BCUT2D eigenvalue weighted by molar-refractivity contribution is 7.14. The van der Waals surface area contributed by atoms with Gasteiger partial charge in [0.25, 0.3) is 5.91 Å². The normalized spacial score (nSPS) is 10.8. The number of thiazole rings is 1. The highest BCUT2D eigenvalue weighted by Gasteiger charge is 2.17. The van der Waals surface area contributed by atoms with Gasteiger partial charge in [0.2, 0.25) is 5.43 Å². The highest BCUT2D eigenvalue weighted by atomic mass is 35.5. The number of aryl methyl sites for hydroxylation is 1. The van der Waals surface area contributed by atoms with Crippen molar-refractivity contribution in [1.29, 1.82) is 0 Å². The lowest BCUT2D eigenvalue weighted by atomic mass is 10.2. The van der Waals surface area contributed by atoms with Gasteiger partial charge in [-0.15, -0.1) is 11.3 Å². The predicted octanol–water partition coefficient (Wildman–Crippen LogP) is 4.85. The first-order chi connectivity index (χ1) is 14.8. The third kappa shape index (κ3) is 4.37. The van der Waals surface area contributed by atoms with Crippen LogP contribution in [0.15, 0.2) is 58.7 Å². The van der Waals surface area contributed by atoms with Crippen LogP contribution in [0.4, 0.5) is 13.9 Å². The zero-order valence-electron chi connectivity index (χ0n) is 15.9. The molecule has 2 aromatic carbocycles. The number of aromatic nitrogens is 3. The molecule has 0 saturated carbocycles. The summed E-state index contributed by atoms with van der Waals surface area (Å²) in [6.07, 6.45) is 0. The van der Waals surface area contributed by atoms with E-state index in [1.807, 2.05) is 0 Å². The number of carbonyl (C=O) groups excluding carboxylic acids is 1. The van der Waals surface area contributed by atoms with Gasteiger partial charge in [0, 0.05) is 27.7 Å². The maximum atomic E-state index is 13.5. The van der Waals surface area contributed by atoms with Gasteiger partial charge in [-0.1, -0.05) is 11.6 Å². The second-order valence-corrected chi connectivity index (χ2v) is 7.80. The largest absolute Gasteiger partial charge is 0.296 e. The van der Waals surface area contributed by atoms with E-state index in [1.54, 1.807) is 36.6 Å². The fourth-order valence-corrected chi connectivity index (χ4v) is 3.66. The minimum absolute atomic E-state index is 0.185. The molecule has 0 saturated heterocycles. The summed E-state index contributed by atoms with van der Waals surface area (Å²) in [5.74, 6) is -2.70. The van der Waals surface area contributed by atoms with Crippen LogP contribution in [0.5, 0.6) is 0 Å². The van der Waals surface area contributed by atoms with Gasteiger partial charge in [-0.2, -0.15) is 5.10 Å². The van der Waals surface area contributed by atoms with Gasteiger partial charge < -0.3 is 0 Å². The average molecular weight is 459 g/mol. The number of nitrogens with zero attached hydrogens (tertiary/aromatic N) is 3. The number of anilines is 1. The Morgan fingerprint density at radius 1 is 1.10 bits per heavy atom. The summed E-state index contributed by atoms with van der Waals surface area (Å²) in [6, 6.07) is 11.5. The Bertz CT molecular complexity index is 1350. The van der Waals surface area contributed by atoms with Crippen molar-refractivity contribution >= 4 is 34.0 Å². The molecule has 0 aliphatic heterocycles. The molecule has 4 rings (SSSR count). The minimum atomic E-state index is -0.998. The number of carbonyl (C=O) groups is 1. The smallest absolute Gasteiger partial charge is 0.281 e. The SMILES string of the molecule is Cc1cc(=O)c(C(=O)Nc2nc(-c3ccc(F)c(F)c3)cs2)nn1-c1ccc(Cl)cc1. The van der Waals surface area contributed by atoms with E-state index in [0.29, 0.717) is 27.7 Å². The second-order valence-electron chi connectivity index (χ2n) is 6.51. The Morgan fingerprint density at radius 2 is 1.84 bits per heavy atom. The molecule has 0 aliphatic rings. The van der Waals surface area contributed by atoms with Crippen molar-refractivity contribution in [3.63, 3.8) is 0 Å². The Kier molecular flexibility index (Phi) is 5.62. The molecule has 0 radical (unpaired) electrons. The molecule has 6 nitrogen and oxygen atoms in total. The van der Waals surface area contributed by atoms with E-state index < -0.39 is 23.0 Å². The molecule has 10 heteroatoms. The Morgan fingerprint density at radius 3 is 2.55 bits per heavy atom. The molecular formula is C21H13ClF2N4O2S. The molecule has 156 valence electrons. The van der Waals surface area contributed by atoms with Crippen LogP contribution in [0, 0.1) is 18.6 Å². The van der Waals surface area contributed by atoms with E-state index in [9.17, 15) is 18.4 Å². The highest BCUT2D eigenvalue weighted by Crippen LogP contribution is 2.26. The lowest BCUT2D eigenvalue weighted by Gasteiger charge is -2.11. The molecule has 4 aromatic rings. The van der Waals surface area contributed by atoms with E-state index in [4.69, 9.17) is 11.6 Å². The van der Waals surface area contributed by atoms with Gasteiger partial charge in [0.05, 0.1) is 11.4 Å². The summed E-state index contributed by atoms with van der Waals surface area (Å²) in [5.41, 5.74) is 1.02. The van der Waals surface area contributed by atoms with E-state index >= 15 is 0 Å². The summed E-state index contributed by atoms with van der Waals surface area (Å²) in [5, 5.41) is 9.02. The lowest BCUT2D eigenvalue weighted by molar-refractivity contribution is 0.101. The number of benzene rings is 2. The molecule has 0 unspecified atom stereocenters. The van der Waals surface area contributed by atoms with Crippen molar-refractivity contribution in [2.45, 2.75) is 6.92 Å². The first-order valence-electron chi connectivity index (χ1n) is 8.91. The van der Waals surface area contributed by atoms with Crippen molar-refractivity contribution in [1.82, 2.24) is 14.8 Å². The van der Waals surface area contributed by atoms with Crippen LogP contribution < -0.4 is 10.7 Å². The molecule has 1 N–H and O–H groups in total. The zero-order chi connectivity index (χ0) is 22.1. The number of hydrogen-bond donors (Lipinski definition) is 1. The fourth-order valence-electron chi connectivity index (χ4n) is 2.82. The van der Waals surface area contributed by atoms with Crippen LogP contribution in [0.3, 0.4) is 0 Å². The van der Waals surface area contributed by atoms with Gasteiger partial charge in [-0.05, 0) is 49.4 Å². The van der Waals surface area contributed by atoms with Gasteiger partial charge in [0.15, 0.2) is 22.5 Å². The first kappa shape index (κ1) is 20.8.